The van der Waals surface area contributed by atoms with Gasteiger partial charge in [-0.3, -0.25) is 3.11 Å². The van der Waals surface area contributed by atoms with Crippen LogP contribution in [0, 0.1) is 0 Å². The Morgan fingerprint density at radius 3 is 1.79 bits per heavy atom. The Morgan fingerprint density at radius 1 is 0.857 bits per heavy atom. The molecular formula is C11H11IN2. The Labute approximate surface area is 98.1 Å². The summed E-state index contributed by atoms with van der Waals surface area (Å²) in [5.74, 6) is 0. The Kier molecular flexibility index (Phi) is 2.77. The Bertz CT molecular complexity index is 307. The molecule has 0 fully saturated rings. The molecule has 0 saturated heterocycles. The maximum atomic E-state index is 2.23. The molecule has 2 nitrogen and oxygen atoms in total. The predicted molar refractivity (Wildman–Crippen MR) is 67.2 cm³/mol. The molecule has 0 atom stereocenters. The lowest BCUT2D eigenvalue weighted by Gasteiger charge is -2.15. The smallest absolute Gasteiger partial charge is 0.0634 e. The van der Waals surface area contributed by atoms with E-state index in [0.29, 0.717) is 0 Å². The van der Waals surface area contributed by atoms with E-state index in [9.17, 15) is 0 Å². The molecule has 0 aromatic heterocycles. The predicted octanol–water partition coefficient (Wildman–Crippen LogP) is 2.95. The van der Waals surface area contributed by atoms with Gasteiger partial charge in [-0.1, -0.05) is 0 Å². The van der Waals surface area contributed by atoms with Gasteiger partial charge in [-0.15, -0.1) is 0 Å². The van der Waals surface area contributed by atoms with E-state index in [1.807, 2.05) is 27.5 Å². The SMILES string of the molecule is CN1C=CC(=C2C=CN(I)C=C2)C=C1. The van der Waals surface area contributed by atoms with Crippen LogP contribution < -0.4 is 0 Å². The van der Waals surface area contributed by atoms with Crippen molar-refractivity contribution in [3.05, 3.63) is 60.3 Å². The summed E-state index contributed by atoms with van der Waals surface area (Å²) in [5.41, 5.74) is 2.50. The third-order valence-corrected chi connectivity index (χ3v) is 2.75. The molecule has 3 heteroatoms. The van der Waals surface area contributed by atoms with E-state index in [1.165, 1.54) is 11.1 Å². The highest BCUT2D eigenvalue weighted by atomic mass is 127. The van der Waals surface area contributed by atoms with Crippen LogP contribution >= 0.6 is 22.9 Å². The van der Waals surface area contributed by atoms with Gasteiger partial charge in [0.25, 0.3) is 0 Å². The van der Waals surface area contributed by atoms with Crippen LogP contribution in [-0.4, -0.2) is 15.1 Å². The van der Waals surface area contributed by atoms with Gasteiger partial charge in [0.05, 0.1) is 22.9 Å². The van der Waals surface area contributed by atoms with Gasteiger partial charge in [0.2, 0.25) is 0 Å². The molecule has 0 aromatic rings. The van der Waals surface area contributed by atoms with Crippen molar-refractivity contribution < 1.29 is 0 Å². The van der Waals surface area contributed by atoms with Gasteiger partial charge < -0.3 is 4.90 Å². The Balaban J connectivity index is 2.26. The van der Waals surface area contributed by atoms with Crippen molar-refractivity contribution in [2.45, 2.75) is 0 Å². The molecule has 2 rings (SSSR count). The zero-order valence-electron chi connectivity index (χ0n) is 7.89. The van der Waals surface area contributed by atoms with Crippen molar-refractivity contribution in [1.29, 1.82) is 0 Å². The maximum Gasteiger partial charge on any atom is 0.0634 e. The number of hydrogen-bond acceptors (Lipinski definition) is 2. The molecule has 0 bridgehead atoms. The molecule has 0 radical (unpaired) electrons. The first kappa shape index (κ1) is 9.58. The van der Waals surface area contributed by atoms with Crippen LogP contribution in [0.25, 0.3) is 0 Å². The molecule has 2 heterocycles. The van der Waals surface area contributed by atoms with Crippen LogP contribution in [0.5, 0.6) is 0 Å². The van der Waals surface area contributed by atoms with Crippen molar-refractivity contribution in [3.63, 3.8) is 0 Å². The Hall–Kier alpha value is -0.970. The molecule has 0 aliphatic carbocycles. The first-order chi connectivity index (χ1) is 6.75. The minimum Gasteiger partial charge on any atom is -0.357 e. The molecule has 0 aromatic carbocycles. The summed E-state index contributed by atoms with van der Waals surface area (Å²) in [5, 5.41) is 0. The van der Waals surface area contributed by atoms with Crippen molar-refractivity contribution in [1.82, 2.24) is 8.01 Å². The largest absolute Gasteiger partial charge is 0.357 e. The van der Waals surface area contributed by atoms with Crippen LogP contribution in [0.15, 0.2) is 60.3 Å². The molecule has 0 amide bonds. The molecule has 14 heavy (non-hydrogen) atoms. The van der Waals surface area contributed by atoms with E-state index in [2.05, 4.69) is 59.6 Å². The van der Waals surface area contributed by atoms with E-state index in [1.54, 1.807) is 0 Å². The van der Waals surface area contributed by atoms with Crippen molar-refractivity contribution in [2.24, 2.45) is 0 Å². The monoisotopic (exact) mass is 298 g/mol. The molecule has 2 aliphatic heterocycles. The molecule has 0 unspecified atom stereocenters. The molecular weight excluding hydrogens is 287 g/mol. The lowest BCUT2D eigenvalue weighted by Crippen LogP contribution is -2.04. The molecule has 0 N–H and O–H groups in total. The van der Waals surface area contributed by atoms with Gasteiger partial charge in [0, 0.05) is 31.8 Å². The van der Waals surface area contributed by atoms with Crippen LogP contribution in [0.3, 0.4) is 0 Å². The fourth-order valence-electron chi connectivity index (χ4n) is 1.29. The Morgan fingerprint density at radius 2 is 1.29 bits per heavy atom. The highest BCUT2D eigenvalue weighted by molar-refractivity contribution is 14.1. The minimum atomic E-state index is 1.25. The summed E-state index contributed by atoms with van der Waals surface area (Å²) in [4.78, 5) is 2.03. The van der Waals surface area contributed by atoms with Crippen molar-refractivity contribution in [3.8, 4) is 0 Å². The second kappa shape index (κ2) is 4.04. The number of nitrogens with zero attached hydrogens (tertiary/aromatic N) is 2. The summed E-state index contributed by atoms with van der Waals surface area (Å²) in [6.07, 6.45) is 16.7. The van der Waals surface area contributed by atoms with Gasteiger partial charge in [0.1, 0.15) is 0 Å². The molecule has 2 aliphatic rings. The van der Waals surface area contributed by atoms with Gasteiger partial charge in [-0.05, 0) is 35.5 Å². The van der Waals surface area contributed by atoms with Gasteiger partial charge in [0.15, 0.2) is 0 Å². The first-order valence-corrected chi connectivity index (χ1v) is 5.35. The topological polar surface area (TPSA) is 6.48 Å². The van der Waals surface area contributed by atoms with E-state index < -0.39 is 0 Å². The number of allylic oxidation sites excluding steroid dienone is 6. The number of rotatable bonds is 0. The van der Waals surface area contributed by atoms with E-state index in [0.717, 1.165) is 0 Å². The maximum absolute atomic E-state index is 2.23. The number of hydrogen-bond donors (Lipinski definition) is 0. The van der Waals surface area contributed by atoms with Gasteiger partial charge in [-0.2, -0.15) is 0 Å². The molecule has 0 spiro atoms. The highest BCUT2D eigenvalue weighted by Crippen LogP contribution is 2.20. The minimum absolute atomic E-state index is 1.25. The third-order valence-electron chi connectivity index (χ3n) is 2.10. The van der Waals surface area contributed by atoms with Crippen LogP contribution in [0.2, 0.25) is 0 Å². The fourth-order valence-corrected chi connectivity index (χ4v) is 1.62. The van der Waals surface area contributed by atoms with Crippen LogP contribution in [0.1, 0.15) is 0 Å². The number of halogens is 1. The highest BCUT2D eigenvalue weighted by Gasteiger charge is 2.03. The summed E-state index contributed by atoms with van der Waals surface area (Å²) < 4.78 is 2.00. The average molecular weight is 298 g/mol. The van der Waals surface area contributed by atoms with E-state index in [-0.39, 0.29) is 0 Å². The fraction of sp³-hybridized carbons (Fsp3) is 0.0909. The lowest BCUT2D eigenvalue weighted by atomic mass is 10.1. The summed E-state index contributed by atoms with van der Waals surface area (Å²) in [7, 11) is 2.02. The van der Waals surface area contributed by atoms with Crippen molar-refractivity contribution >= 4 is 22.9 Å². The first-order valence-electron chi connectivity index (χ1n) is 4.39. The van der Waals surface area contributed by atoms with Gasteiger partial charge >= 0.3 is 0 Å². The van der Waals surface area contributed by atoms with Gasteiger partial charge in [-0.25, -0.2) is 0 Å². The normalized spacial score (nSPS) is 19.9. The average Bonchev–Trinajstić information content (AvgIpc) is 2.21. The third kappa shape index (κ3) is 2.09. The molecule has 0 saturated carbocycles. The summed E-state index contributed by atoms with van der Waals surface area (Å²) >= 11 is 2.23. The van der Waals surface area contributed by atoms with Crippen LogP contribution in [-0.2, 0) is 0 Å². The molecule has 72 valence electrons. The van der Waals surface area contributed by atoms with Crippen LogP contribution in [0.4, 0.5) is 0 Å². The van der Waals surface area contributed by atoms with E-state index >= 15 is 0 Å². The second-order valence-corrected chi connectivity index (χ2v) is 4.30. The standard InChI is InChI=1S/C11H11IN2/c1-13-6-2-10(3-7-13)11-4-8-14(12)9-5-11/h2-9H,1H3. The van der Waals surface area contributed by atoms with E-state index in [4.69, 9.17) is 0 Å². The van der Waals surface area contributed by atoms with Crippen molar-refractivity contribution in [2.75, 3.05) is 7.05 Å². The summed E-state index contributed by atoms with van der Waals surface area (Å²) in [6, 6.07) is 0. The quantitative estimate of drug-likeness (QED) is 0.501. The second-order valence-electron chi connectivity index (χ2n) is 3.18. The lowest BCUT2D eigenvalue weighted by molar-refractivity contribution is 0.619. The zero-order valence-corrected chi connectivity index (χ0v) is 10.0. The summed E-state index contributed by atoms with van der Waals surface area (Å²) in [6.45, 7) is 0. The zero-order chi connectivity index (χ0) is 9.97.